The Labute approximate surface area is 183 Å². The number of pyridine rings is 1. The number of ketones is 1. The van der Waals surface area contributed by atoms with Gasteiger partial charge in [0.2, 0.25) is 0 Å². The van der Waals surface area contributed by atoms with Crippen molar-refractivity contribution >= 4 is 33.4 Å². The summed E-state index contributed by atoms with van der Waals surface area (Å²) in [7, 11) is 1.60. The maximum absolute atomic E-state index is 13.4. The summed E-state index contributed by atoms with van der Waals surface area (Å²) in [4.78, 5) is 30.6. The number of hydrogen-bond acceptors (Lipinski definition) is 5. The molecule has 1 aromatic heterocycles. The van der Waals surface area contributed by atoms with Gasteiger partial charge in [0.25, 0.3) is 5.91 Å². The van der Waals surface area contributed by atoms with E-state index >= 15 is 0 Å². The number of ether oxygens (including phenoxy) is 1. The van der Waals surface area contributed by atoms with Crippen molar-refractivity contribution < 1.29 is 14.3 Å². The fourth-order valence-corrected chi connectivity index (χ4v) is 4.37. The Morgan fingerprint density at radius 1 is 1.23 bits per heavy atom. The van der Waals surface area contributed by atoms with E-state index in [9.17, 15) is 9.59 Å². The van der Waals surface area contributed by atoms with Crippen LogP contribution >= 0.6 is 15.9 Å². The summed E-state index contributed by atoms with van der Waals surface area (Å²) in [6, 6.07) is 11.1. The maximum Gasteiger partial charge on any atom is 0.255 e. The Balaban J connectivity index is 1.81. The van der Waals surface area contributed by atoms with Crippen LogP contribution in [0.5, 0.6) is 5.75 Å². The minimum absolute atomic E-state index is 0.0687. The van der Waals surface area contributed by atoms with E-state index in [4.69, 9.17) is 4.74 Å². The monoisotopic (exact) mass is 467 g/mol. The highest BCUT2D eigenvalue weighted by Gasteiger charge is 2.39. The summed E-state index contributed by atoms with van der Waals surface area (Å²) in [6.45, 7) is 1.87. The van der Waals surface area contributed by atoms with Crippen LogP contribution in [0.3, 0.4) is 0 Å². The van der Waals surface area contributed by atoms with Crippen LogP contribution in [0.25, 0.3) is 0 Å². The average Bonchev–Trinajstić information content (AvgIpc) is 2.74. The van der Waals surface area contributed by atoms with Crippen LogP contribution in [-0.4, -0.2) is 23.8 Å². The Kier molecular flexibility index (Phi) is 5.72. The summed E-state index contributed by atoms with van der Waals surface area (Å²) in [5, 5.41) is 6.19. The molecule has 6 nitrogen and oxygen atoms in total. The normalized spacial score (nSPS) is 18.6. The van der Waals surface area contributed by atoms with E-state index in [1.807, 2.05) is 37.3 Å². The van der Waals surface area contributed by atoms with Gasteiger partial charge in [0.05, 0.1) is 13.0 Å². The third kappa shape index (κ3) is 3.77. The van der Waals surface area contributed by atoms with Crippen molar-refractivity contribution in [3.8, 4) is 5.75 Å². The number of halogens is 1. The summed E-state index contributed by atoms with van der Waals surface area (Å²) in [6.07, 6.45) is 3.70. The lowest BCUT2D eigenvalue weighted by molar-refractivity contribution is -0.116. The molecule has 1 amide bonds. The number of anilines is 1. The van der Waals surface area contributed by atoms with Gasteiger partial charge in [-0.3, -0.25) is 9.59 Å². The molecule has 0 fully saturated rings. The van der Waals surface area contributed by atoms with E-state index in [1.165, 1.54) is 0 Å². The molecular weight excluding hydrogens is 446 g/mol. The number of amides is 1. The SMILES string of the molecule is COc1ccccc1[C@H]1C(C(=O)Nc2ccc(Br)cn2)=C(C)NC2=C1C(=O)CCC2. The summed E-state index contributed by atoms with van der Waals surface area (Å²) >= 11 is 3.35. The predicted molar refractivity (Wildman–Crippen MR) is 118 cm³/mol. The fraction of sp³-hybridized carbons (Fsp3) is 0.261. The molecule has 0 saturated heterocycles. The van der Waals surface area contributed by atoms with E-state index in [2.05, 4.69) is 31.5 Å². The highest BCUT2D eigenvalue weighted by Crippen LogP contribution is 2.45. The molecule has 1 atom stereocenters. The molecule has 30 heavy (non-hydrogen) atoms. The number of Topliss-reactive ketones (excluding diaryl/α,β-unsaturated/α-hetero) is 1. The first-order valence-corrected chi connectivity index (χ1v) is 10.6. The third-order valence-electron chi connectivity index (χ3n) is 5.44. The smallest absolute Gasteiger partial charge is 0.255 e. The van der Waals surface area contributed by atoms with Crippen molar-refractivity contribution in [1.29, 1.82) is 0 Å². The first kappa shape index (κ1) is 20.3. The number of methoxy groups -OCH3 is 1. The zero-order chi connectivity index (χ0) is 21.3. The molecule has 0 unspecified atom stereocenters. The molecule has 1 aromatic carbocycles. The molecule has 1 aliphatic heterocycles. The molecular formula is C23H22BrN3O3. The van der Waals surface area contributed by atoms with E-state index in [1.54, 1.807) is 19.4 Å². The molecule has 0 spiro atoms. The molecule has 0 radical (unpaired) electrons. The first-order valence-electron chi connectivity index (χ1n) is 9.79. The van der Waals surface area contributed by atoms with Gasteiger partial charge in [-0.1, -0.05) is 18.2 Å². The van der Waals surface area contributed by atoms with Gasteiger partial charge < -0.3 is 15.4 Å². The molecule has 2 aliphatic rings. The van der Waals surface area contributed by atoms with Gasteiger partial charge in [-0.15, -0.1) is 0 Å². The van der Waals surface area contributed by atoms with E-state index in [0.717, 1.165) is 34.3 Å². The molecule has 4 rings (SSSR count). The van der Waals surface area contributed by atoms with Gasteiger partial charge in [-0.05, 0) is 53.9 Å². The van der Waals surface area contributed by atoms with Gasteiger partial charge in [0.1, 0.15) is 11.6 Å². The highest BCUT2D eigenvalue weighted by atomic mass is 79.9. The van der Waals surface area contributed by atoms with Crippen LogP contribution in [0.1, 0.15) is 37.7 Å². The minimum Gasteiger partial charge on any atom is -0.496 e. The molecule has 2 aromatic rings. The summed E-state index contributed by atoms with van der Waals surface area (Å²) in [5.74, 6) is 0.363. The molecule has 7 heteroatoms. The number of hydrogen-bond donors (Lipinski definition) is 2. The maximum atomic E-state index is 13.4. The van der Waals surface area contributed by atoms with Gasteiger partial charge in [-0.25, -0.2) is 4.98 Å². The van der Waals surface area contributed by atoms with Crippen LogP contribution in [0.2, 0.25) is 0 Å². The number of aromatic nitrogens is 1. The fourth-order valence-electron chi connectivity index (χ4n) is 4.13. The van der Waals surface area contributed by atoms with Gasteiger partial charge in [0, 0.05) is 45.2 Å². The number of nitrogens with zero attached hydrogens (tertiary/aromatic N) is 1. The minimum atomic E-state index is -0.499. The van der Waals surface area contributed by atoms with Crippen molar-refractivity contribution in [2.75, 3.05) is 12.4 Å². The third-order valence-corrected chi connectivity index (χ3v) is 5.91. The zero-order valence-corrected chi connectivity index (χ0v) is 18.4. The van der Waals surface area contributed by atoms with E-state index in [-0.39, 0.29) is 11.7 Å². The average molecular weight is 468 g/mol. The Morgan fingerprint density at radius 2 is 2.03 bits per heavy atom. The lowest BCUT2D eigenvalue weighted by Gasteiger charge is -2.35. The number of nitrogens with one attached hydrogen (secondary N) is 2. The Bertz CT molecular complexity index is 1070. The van der Waals surface area contributed by atoms with E-state index in [0.29, 0.717) is 29.1 Å². The number of carbonyl (C=O) groups excluding carboxylic acids is 2. The molecule has 2 N–H and O–H groups in total. The number of dihydropyridines is 1. The molecule has 0 saturated carbocycles. The van der Waals surface area contributed by atoms with E-state index < -0.39 is 5.92 Å². The van der Waals surface area contributed by atoms with Crippen LogP contribution < -0.4 is 15.4 Å². The van der Waals surface area contributed by atoms with Crippen LogP contribution in [0, 0.1) is 0 Å². The topological polar surface area (TPSA) is 80.3 Å². The quantitative estimate of drug-likeness (QED) is 0.693. The predicted octanol–water partition coefficient (Wildman–Crippen LogP) is 4.46. The first-order chi connectivity index (χ1) is 14.5. The van der Waals surface area contributed by atoms with Crippen molar-refractivity contribution in [3.63, 3.8) is 0 Å². The Hall–Kier alpha value is -2.93. The van der Waals surface area contributed by atoms with Crippen LogP contribution in [0.4, 0.5) is 5.82 Å². The second-order valence-electron chi connectivity index (χ2n) is 7.32. The number of allylic oxidation sites excluding steroid dienone is 3. The second-order valence-corrected chi connectivity index (χ2v) is 8.24. The lowest BCUT2D eigenvalue weighted by Crippen LogP contribution is -2.35. The van der Waals surface area contributed by atoms with Crippen molar-refractivity contribution in [3.05, 3.63) is 75.2 Å². The van der Waals surface area contributed by atoms with Crippen molar-refractivity contribution in [2.24, 2.45) is 0 Å². The van der Waals surface area contributed by atoms with Crippen LogP contribution in [0.15, 0.2) is 69.6 Å². The van der Waals surface area contributed by atoms with Crippen molar-refractivity contribution in [1.82, 2.24) is 10.3 Å². The largest absolute Gasteiger partial charge is 0.496 e. The molecule has 1 aliphatic carbocycles. The highest BCUT2D eigenvalue weighted by molar-refractivity contribution is 9.10. The number of rotatable bonds is 4. The number of benzene rings is 1. The van der Waals surface area contributed by atoms with Crippen LogP contribution in [-0.2, 0) is 9.59 Å². The zero-order valence-electron chi connectivity index (χ0n) is 16.8. The summed E-state index contributed by atoms with van der Waals surface area (Å²) < 4.78 is 6.41. The lowest BCUT2D eigenvalue weighted by atomic mass is 9.74. The Morgan fingerprint density at radius 3 is 2.77 bits per heavy atom. The van der Waals surface area contributed by atoms with Gasteiger partial charge >= 0.3 is 0 Å². The number of carbonyl (C=O) groups is 2. The number of para-hydroxylation sites is 1. The molecule has 154 valence electrons. The standard InChI is InChI=1S/C23H22BrN3O3/c1-13-20(23(29)27-19-11-10-14(24)12-25-19)21(15-6-3-4-9-18(15)30-2)22-16(26-13)7-5-8-17(22)28/h3-4,6,9-12,21,26H,5,7-8H2,1-2H3,(H,25,27,29)/t21-/m0/s1. The van der Waals surface area contributed by atoms with Gasteiger partial charge in [0.15, 0.2) is 5.78 Å². The van der Waals surface area contributed by atoms with Gasteiger partial charge in [-0.2, -0.15) is 0 Å². The summed E-state index contributed by atoms with van der Waals surface area (Å²) in [5.41, 5.74) is 3.59. The molecule has 0 bridgehead atoms. The second kappa shape index (κ2) is 8.44. The van der Waals surface area contributed by atoms with Crippen molar-refractivity contribution in [2.45, 2.75) is 32.1 Å². The molecule has 2 heterocycles.